The van der Waals surface area contributed by atoms with E-state index in [1.165, 1.54) is 128 Å². The van der Waals surface area contributed by atoms with Gasteiger partial charge in [0.15, 0.2) is 5.79 Å². The van der Waals surface area contributed by atoms with E-state index in [4.69, 9.17) is 50.2 Å². The van der Waals surface area contributed by atoms with Gasteiger partial charge in [-0.1, -0.05) is 103 Å². The second-order valence-electron chi connectivity index (χ2n) is 14.4. The van der Waals surface area contributed by atoms with Crippen LogP contribution in [0.1, 0.15) is 166 Å². The Labute approximate surface area is 336 Å². The van der Waals surface area contributed by atoms with Crippen molar-refractivity contribution >= 4 is 20.8 Å². The number of nitrogens with two attached hydrogens (primary N) is 1. The molecule has 1 fully saturated rings. The molecule has 0 aliphatic carbocycles. The van der Waals surface area contributed by atoms with Crippen LogP contribution in [0.25, 0.3) is 0 Å². The molecule has 2 aromatic rings. The maximum atomic E-state index is 10.0. The van der Waals surface area contributed by atoms with Gasteiger partial charge in [0.05, 0.1) is 37.3 Å². The van der Waals surface area contributed by atoms with E-state index in [1.807, 2.05) is 18.2 Å². The first-order valence-corrected chi connectivity index (χ1v) is 21.6. The number of amidine groups is 1. The summed E-state index contributed by atoms with van der Waals surface area (Å²) >= 11 is 0. The lowest BCUT2D eigenvalue weighted by molar-refractivity contribution is -0.127. The summed E-state index contributed by atoms with van der Waals surface area (Å²) in [4.78, 5) is 20.6. The maximum Gasteiger partial charge on any atom is 0.329 e. The molecule has 0 bridgehead atoms. The number of aromatic hydroxyl groups is 1. The van der Waals surface area contributed by atoms with Crippen molar-refractivity contribution < 1.29 is 38.7 Å². The normalized spacial score (nSPS) is 16.0. The van der Waals surface area contributed by atoms with Crippen molar-refractivity contribution in [3.05, 3.63) is 47.5 Å². The molecule has 1 aliphatic heterocycles. The Morgan fingerprint density at radius 2 is 1.50 bits per heavy atom. The third-order valence-corrected chi connectivity index (χ3v) is 9.43. The molecule has 0 spiro atoms. The van der Waals surface area contributed by atoms with Gasteiger partial charge in [0.2, 0.25) is 0 Å². The van der Waals surface area contributed by atoms with E-state index >= 15 is 0 Å². The number of aliphatic imine (C=N–C) groups is 1. The number of ether oxygens (including phenoxy) is 2. The zero-order valence-corrected chi connectivity index (χ0v) is 35.1. The van der Waals surface area contributed by atoms with Crippen LogP contribution in [0.2, 0.25) is 0 Å². The number of nitrogens with zero attached hydrogens (tertiary/aromatic N) is 3. The van der Waals surface area contributed by atoms with Gasteiger partial charge in [-0.2, -0.15) is 5.26 Å². The number of hydrogen-bond acceptors (Lipinski definition) is 11. The zero-order chi connectivity index (χ0) is 41.3. The topological polar surface area (TPSA) is 233 Å². The summed E-state index contributed by atoms with van der Waals surface area (Å²) in [6, 6.07) is 8.45. The summed E-state index contributed by atoms with van der Waals surface area (Å²) in [7, 11) is -1.92. The highest BCUT2D eigenvalue weighted by atomic mass is 31.2. The van der Waals surface area contributed by atoms with Crippen LogP contribution < -0.4 is 5.73 Å². The molecule has 3 rings (SSSR count). The van der Waals surface area contributed by atoms with Crippen molar-refractivity contribution in [1.29, 1.82) is 10.7 Å². The molecule has 0 aromatic carbocycles. The third kappa shape index (κ3) is 29.3. The number of aromatic amines is 1. The van der Waals surface area contributed by atoms with Crippen molar-refractivity contribution in [2.45, 2.75) is 161 Å². The van der Waals surface area contributed by atoms with Gasteiger partial charge in [-0.05, 0) is 63.8 Å². The van der Waals surface area contributed by atoms with Crippen molar-refractivity contribution in [3.8, 4) is 11.8 Å². The van der Waals surface area contributed by atoms with E-state index < -0.39 is 14.4 Å². The van der Waals surface area contributed by atoms with Gasteiger partial charge in [-0.15, -0.1) is 0 Å². The van der Waals surface area contributed by atoms with Crippen LogP contribution in [0.3, 0.4) is 0 Å². The van der Waals surface area contributed by atoms with Gasteiger partial charge in [0.1, 0.15) is 29.7 Å². The predicted octanol–water partition coefficient (Wildman–Crippen LogP) is 8.83. The first kappa shape index (κ1) is 51.0. The molecule has 3 heterocycles. The van der Waals surface area contributed by atoms with Gasteiger partial charge < -0.3 is 49.5 Å². The molecule has 0 saturated carbocycles. The number of nitrogens with one attached hydrogen (secondary N) is 2. The average molecular weight is 807 g/mol. The summed E-state index contributed by atoms with van der Waals surface area (Å²) in [6.07, 6.45) is 26.4. The number of unbranched alkanes of at least 4 members (excludes halogenated alkanes) is 15. The number of hydrogen-bond donors (Lipinski definition) is 7. The molecule has 3 unspecified atom stereocenters. The van der Waals surface area contributed by atoms with Crippen LogP contribution >= 0.6 is 8.60 Å². The van der Waals surface area contributed by atoms with Crippen LogP contribution in [-0.2, 0) is 18.5 Å². The van der Waals surface area contributed by atoms with Gasteiger partial charge in [-0.25, -0.2) is 9.98 Å². The average Bonchev–Trinajstić information content (AvgIpc) is 3.85. The summed E-state index contributed by atoms with van der Waals surface area (Å²) in [5.74, 6) is -1.16. The Balaban J connectivity index is 0.000000936. The monoisotopic (exact) mass is 807 g/mol. The Morgan fingerprint density at radius 3 is 2.04 bits per heavy atom. The van der Waals surface area contributed by atoms with Crippen LogP contribution in [0.5, 0.6) is 5.75 Å². The number of nitriles is 1. The molecule has 318 valence electrons. The van der Waals surface area contributed by atoms with Gasteiger partial charge in [0.25, 0.3) is 0 Å². The minimum absolute atomic E-state index is 0.0778. The maximum absolute atomic E-state index is 10.0. The van der Waals surface area contributed by atoms with E-state index in [1.54, 1.807) is 0 Å². The largest absolute Gasteiger partial charge is 0.506 e. The van der Waals surface area contributed by atoms with Crippen LogP contribution in [0.4, 0.5) is 0 Å². The quantitative estimate of drug-likeness (QED) is 0.0141. The molecular weight excluding hydrogens is 735 g/mol. The van der Waals surface area contributed by atoms with E-state index in [-0.39, 0.29) is 23.8 Å². The molecular formula is C41H71N6O8P. The first-order valence-electron chi connectivity index (χ1n) is 20.5. The molecule has 14 nitrogen and oxygen atoms in total. The highest BCUT2D eigenvalue weighted by Gasteiger charge is 2.28. The Hall–Kier alpha value is -2.99. The number of pyridine rings is 1. The van der Waals surface area contributed by atoms with Gasteiger partial charge >= 0.3 is 8.60 Å². The standard InChI is InChI=1S/C32H59N4O5P.C6H4N2O.C3H8O2/c1-2-3-4-5-6-7-8-9-10-11-12-13-14-15-16-17-23-38-24-18-25-39-42(37)40-26-28-19-22-31(41-28)29-20-21-30(36-29)32(34)35-27-33;7-3-5-1-2-6(9)4-8-5;1-3(2,4)5/h20-21,27-28,31,36-37H,2-19,22-26H2,1H3,(H3,33,34,35);1-2,4,9H;4-5H,1-2H3. The molecule has 1 saturated heterocycles. The molecule has 8 N–H and O–H groups in total. The summed E-state index contributed by atoms with van der Waals surface area (Å²) in [5.41, 5.74) is 7.71. The number of aromatic nitrogens is 2. The van der Waals surface area contributed by atoms with Crippen molar-refractivity contribution in [2.75, 3.05) is 26.4 Å². The van der Waals surface area contributed by atoms with Crippen molar-refractivity contribution in [2.24, 2.45) is 10.7 Å². The number of aliphatic hydroxyl groups is 2. The molecule has 56 heavy (non-hydrogen) atoms. The van der Waals surface area contributed by atoms with Gasteiger partial charge in [-0.3, -0.25) is 5.41 Å². The fourth-order valence-corrected chi connectivity index (χ4v) is 6.39. The molecule has 0 amide bonds. The number of rotatable bonds is 28. The molecule has 15 heteroatoms. The summed E-state index contributed by atoms with van der Waals surface area (Å²) < 4.78 is 22.7. The Morgan fingerprint density at radius 1 is 0.929 bits per heavy atom. The van der Waals surface area contributed by atoms with E-state index in [0.717, 1.165) is 44.3 Å². The van der Waals surface area contributed by atoms with E-state index in [2.05, 4.69) is 21.9 Å². The van der Waals surface area contributed by atoms with Crippen molar-refractivity contribution in [1.82, 2.24) is 9.97 Å². The molecule has 2 aromatic heterocycles. The molecule has 1 aliphatic rings. The number of H-pyrrole nitrogens is 1. The second kappa shape index (κ2) is 33.0. The van der Waals surface area contributed by atoms with E-state index in [9.17, 15) is 4.89 Å². The summed E-state index contributed by atoms with van der Waals surface area (Å²) in [6.45, 7) is 7.03. The highest BCUT2D eigenvalue weighted by molar-refractivity contribution is 7.40. The van der Waals surface area contributed by atoms with Gasteiger partial charge in [0, 0.05) is 18.9 Å². The summed E-state index contributed by atoms with van der Waals surface area (Å²) in [5, 5.41) is 40.1. The van der Waals surface area contributed by atoms with Crippen LogP contribution in [0, 0.1) is 16.7 Å². The molecule has 0 radical (unpaired) electrons. The zero-order valence-electron chi connectivity index (χ0n) is 34.2. The van der Waals surface area contributed by atoms with Crippen LogP contribution in [0.15, 0.2) is 35.5 Å². The first-order chi connectivity index (χ1) is 27.0. The third-order valence-electron chi connectivity index (χ3n) is 8.65. The predicted molar refractivity (Wildman–Crippen MR) is 222 cm³/mol. The lowest BCUT2D eigenvalue weighted by Gasteiger charge is -2.15. The minimum atomic E-state index is -1.92. The smallest absolute Gasteiger partial charge is 0.329 e. The fourth-order valence-electron chi connectivity index (χ4n) is 5.74. The lowest BCUT2D eigenvalue weighted by atomic mass is 10.0. The second-order valence-corrected chi connectivity index (χ2v) is 15.4. The Bertz CT molecular complexity index is 1310. The van der Waals surface area contributed by atoms with E-state index in [0.29, 0.717) is 31.2 Å². The SMILES string of the molecule is CC(C)(O)O.CCCCCCCCCCCCCCCCCCOCCCOP(O)OCC1CCC(c2ccc(C(N)=NC=N)[nH]2)O1.N#Cc1ccc(O)cn1. The molecule has 3 atom stereocenters. The fraction of sp³-hybridized carbons (Fsp3) is 0.707. The Kier molecular flexibility index (Phi) is 30.1. The lowest BCUT2D eigenvalue weighted by Crippen LogP contribution is -2.15. The van der Waals surface area contributed by atoms with Crippen molar-refractivity contribution in [3.63, 3.8) is 0 Å². The minimum Gasteiger partial charge on any atom is -0.506 e. The highest BCUT2D eigenvalue weighted by Crippen LogP contribution is 2.37. The van der Waals surface area contributed by atoms with Crippen LogP contribution in [-0.4, -0.2) is 80.7 Å².